The summed E-state index contributed by atoms with van der Waals surface area (Å²) in [5, 5.41) is 7.68. The van der Waals surface area contributed by atoms with E-state index in [1.54, 1.807) is 23.3 Å². The maximum Gasteiger partial charge on any atom is 0.222 e. The number of pyridine rings is 1. The van der Waals surface area contributed by atoms with E-state index in [9.17, 15) is 0 Å². The number of rotatable bonds is 1. The van der Waals surface area contributed by atoms with Crippen molar-refractivity contribution in [2.24, 2.45) is 10.3 Å². The molecule has 2 aliphatic rings. The van der Waals surface area contributed by atoms with Gasteiger partial charge in [-0.2, -0.15) is 10.7 Å². The van der Waals surface area contributed by atoms with Gasteiger partial charge in [0.05, 0.1) is 24.7 Å². The van der Waals surface area contributed by atoms with E-state index in [1.165, 1.54) is 0 Å². The predicted octanol–water partition coefficient (Wildman–Crippen LogP) is 3.60. The van der Waals surface area contributed by atoms with Gasteiger partial charge in [0.2, 0.25) is 5.88 Å². The molecule has 0 unspecified atom stereocenters. The van der Waals surface area contributed by atoms with Gasteiger partial charge in [-0.05, 0) is 25.4 Å². The zero-order valence-corrected chi connectivity index (χ0v) is 20.8. The monoisotopic (exact) mass is 580 g/mol. The van der Waals surface area contributed by atoms with Crippen LogP contribution >= 0.6 is 21.0 Å². The van der Waals surface area contributed by atoms with Gasteiger partial charge >= 0.3 is 0 Å². The molecule has 0 radical (unpaired) electrons. The number of anilines is 2. The van der Waals surface area contributed by atoms with E-state index in [0.717, 1.165) is 22.4 Å². The topological polar surface area (TPSA) is 99.3 Å². The minimum absolute atomic E-state index is 0. The summed E-state index contributed by atoms with van der Waals surface area (Å²) >= 11 is -0.491. The number of ether oxygens (including phenoxy) is 2. The molecule has 2 aliphatic heterocycles. The Bertz CT molecular complexity index is 1220. The van der Waals surface area contributed by atoms with Crippen molar-refractivity contribution in [3.05, 3.63) is 42.4 Å². The smallest absolute Gasteiger partial charge is 0.222 e. The second-order valence-electron chi connectivity index (χ2n) is 7.02. The second kappa shape index (κ2) is 9.89. The summed E-state index contributed by atoms with van der Waals surface area (Å²) in [6, 6.07) is 3.70. The van der Waals surface area contributed by atoms with Crippen LogP contribution < -0.4 is 14.8 Å². The Labute approximate surface area is 206 Å². The number of halogens is 1. The fourth-order valence-electron chi connectivity index (χ4n) is 3.21. The van der Waals surface area contributed by atoms with Crippen LogP contribution in [0.1, 0.15) is 18.9 Å². The van der Waals surface area contributed by atoms with Crippen molar-refractivity contribution in [3.63, 3.8) is 0 Å². The number of nitrogens with one attached hydrogen (secondary N) is 1. The molecule has 11 heteroatoms. The first-order valence-corrected chi connectivity index (χ1v) is 11.8. The summed E-state index contributed by atoms with van der Waals surface area (Å²) in [6.07, 6.45) is 9.63. The first-order valence-electron chi connectivity index (χ1n) is 9.72. The van der Waals surface area contributed by atoms with Crippen LogP contribution in [-0.2, 0) is 24.4 Å². The van der Waals surface area contributed by atoms with Crippen molar-refractivity contribution in [3.8, 4) is 23.0 Å². The van der Waals surface area contributed by atoms with Crippen LogP contribution in [0.4, 0.5) is 11.6 Å². The molecule has 1 N–H and O–H groups in total. The van der Waals surface area contributed by atoms with Gasteiger partial charge in [-0.25, -0.2) is 19.6 Å². The zero-order chi connectivity index (χ0) is 21.2. The zero-order valence-electron chi connectivity index (χ0n) is 17.3. The standard InChI is InChI=1S/C21H19IN7O2.Cr/c1-13-5-8-30-21-17(12-26-29(21)2)19-24-11-16(14-3-7-25-22-10-14)20(28-19)27-18-9-15(31-13)4-6-23-18;/h3-4,6-7,9,11-13H,5,8H2,1-2H3,(H,23,24,27,28);/q-1;/t13-;/m0./s1. The molecule has 5 rings (SSSR count). The van der Waals surface area contributed by atoms with Crippen LogP contribution in [0.3, 0.4) is 0 Å². The van der Waals surface area contributed by atoms with Crippen LogP contribution in [0, 0.1) is 0 Å². The second-order valence-corrected chi connectivity index (χ2v) is 8.60. The van der Waals surface area contributed by atoms with Gasteiger partial charge in [0.25, 0.3) is 0 Å². The fourth-order valence-corrected chi connectivity index (χ4v) is 4.41. The molecule has 1 atom stereocenters. The largest absolute Gasteiger partial charge is 0.490 e. The Balaban J connectivity index is 0.00000245. The quantitative estimate of drug-likeness (QED) is 0.347. The Morgan fingerprint density at radius 3 is 3.00 bits per heavy atom. The van der Waals surface area contributed by atoms with E-state index in [0.29, 0.717) is 36.4 Å². The number of allylic oxidation sites excluding steroid dienone is 2. The number of fused-ring (bicyclic) bond motifs is 6. The average Bonchev–Trinajstić information content (AvgIpc) is 3.14. The molecule has 0 saturated heterocycles. The molecule has 3 aromatic heterocycles. The average molecular weight is 580 g/mol. The van der Waals surface area contributed by atoms with Gasteiger partial charge in [0.1, 0.15) is 17.1 Å². The maximum atomic E-state index is 6.05. The third-order valence-corrected chi connectivity index (χ3v) is 6.20. The molecule has 3 aromatic rings. The Morgan fingerprint density at radius 1 is 1.25 bits per heavy atom. The van der Waals surface area contributed by atoms with E-state index < -0.39 is 21.0 Å². The first kappa shape index (κ1) is 22.6. The molecule has 9 nitrogen and oxygen atoms in total. The third kappa shape index (κ3) is 4.74. The summed E-state index contributed by atoms with van der Waals surface area (Å²) in [6.45, 7) is 2.50. The number of aryl methyl sites for hydroxylation is 1. The fraction of sp³-hybridized carbons (Fsp3) is 0.238. The molecule has 0 aliphatic carbocycles. The Hall–Kier alpha value is -2.62. The molecule has 164 valence electrons. The third-order valence-electron chi connectivity index (χ3n) is 4.77. The summed E-state index contributed by atoms with van der Waals surface area (Å²) < 4.78 is 21.4. The van der Waals surface area contributed by atoms with Crippen LogP contribution in [0.2, 0.25) is 0 Å². The molecular weight excluding hydrogens is 561 g/mol. The van der Waals surface area contributed by atoms with Gasteiger partial charge in [-0.15, -0.1) is 10.1 Å². The summed E-state index contributed by atoms with van der Waals surface area (Å²) in [7, 11) is 1.84. The van der Waals surface area contributed by atoms with Crippen molar-refractivity contribution in [2.75, 3.05) is 11.9 Å². The Kier molecular flexibility index (Phi) is 6.98. The summed E-state index contributed by atoms with van der Waals surface area (Å²) in [5.74, 6) is 3.12. The van der Waals surface area contributed by atoms with Gasteiger partial charge in [-0.1, -0.05) is 26.6 Å². The van der Waals surface area contributed by atoms with E-state index in [1.807, 2.05) is 38.4 Å². The minimum atomic E-state index is -0.491. The first-order chi connectivity index (χ1) is 15.2. The normalized spacial score (nSPS) is 17.2. The van der Waals surface area contributed by atoms with Crippen LogP contribution in [0.5, 0.6) is 11.6 Å². The molecule has 0 amide bonds. The van der Waals surface area contributed by atoms with Gasteiger partial charge in [-0.3, -0.25) is 3.21 Å². The minimum Gasteiger partial charge on any atom is -0.490 e. The molecule has 0 saturated carbocycles. The number of nitrogens with zero attached hydrogens (tertiary/aromatic N) is 6. The van der Waals surface area contributed by atoms with Crippen molar-refractivity contribution in [1.82, 2.24) is 24.7 Å². The Morgan fingerprint density at radius 2 is 2.16 bits per heavy atom. The van der Waals surface area contributed by atoms with Crippen LogP contribution in [0.15, 0.2) is 40.0 Å². The van der Waals surface area contributed by atoms with Gasteiger partial charge in [0.15, 0.2) is 5.82 Å². The van der Waals surface area contributed by atoms with Crippen molar-refractivity contribution in [1.29, 1.82) is 0 Å². The molecule has 0 aromatic carbocycles. The maximum absolute atomic E-state index is 6.05. The van der Waals surface area contributed by atoms with Gasteiger partial charge in [0, 0.05) is 43.1 Å². The van der Waals surface area contributed by atoms with Crippen molar-refractivity contribution in [2.45, 2.75) is 19.4 Å². The number of hydrogen-bond acceptors (Lipinski definition) is 8. The van der Waals surface area contributed by atoms with E-state index in [-0.39, 0.29) is 23.5 Å². The van der Waals surface area contributed by atoms with Crippen molar-refractivity contribution >= 4 is 48.4 Å². The van der Waals surface area contributed by atoms with E-state index in [2.05, 4.69) is 27.6 Å². The summed E-state index contributed by atoms with van der Waals surface area (Å²) in [4.78, 5) is 13.9. The number of hydrogen-bond donors (Lipinski definition) is 1. The van der Waals surface area contributed by atoms with Crippen molar-refractivity contribution < 1.29 is 26.8 Å². The van der Waals surface area contributed by atoms with Gasteiger partial charge < -0.3 is 14.8 Å². The SMILES string of the molecule is C[C@H]1CCOc2c(cnn2C)-c2ncc(C3=CC=NI=[C-]3)c(n2)Nc2cc(ccn2)O1.[Cr]. The van der Waals surface area contributed by atoms with Crippen LogP contribution in [0.25, 0.3) is 17.0 Å². The number of aromatic nitrogens is 5. The molecular formula is C21H19CrIN7O2-. The molecule has 0 fully saturated rings. The van der Waals surface area contributed by atoms with E-state index >= 15 is 0 Å². The molecule has 0 spiro atoms. The van der Waals surface area contributed by atoms with E-state index in [4.69, 9.17) is 14.5 Å². The predicted molar refractivity (Wildman–Crippen MR) is 127 cm³/mol. The summed E-state index contributed by atoms with van der Waals surface area (Å²) in [5.41, 5.74) is 2.47. The molecule has 4 bridgehead atoms. The van der Waals surface area contributed by atoms with Crippen LogP contribution in [-0.4, -0.2) is 47.7 Å². The molecule has 5 heterocycles. The molecule has 32 heavy (non-hydrogen) atoms.